The molecule has 2 aliphatic heterocycles. The number of hydrogen-bond acceptors (Lipinski definition) is 2. The third kappa shape index (κ3) is 1.51. The quantitative estimate of drug-likeness (QED) is 0.702. The van der Waals surface area contributed by atoms with E-state index in [4.69, 9.17) is 0 Å². The van der Waals surface area contributed by atoms with E-state index in [1.54, 1.807) is 9.80 Å². The fourth-order valence-electron chi connectivity index (χ4n) is 2.91. The van der Waals surface area contributed by atoms with E-state index in [2.05, 4.69) is 0 Å². The Balaban J connectivity index is 2.31. The number of fused-ring (bicyclic) bond motifs is 1. The number of carbonyl (C=O) groups is 2. The van der Waals surface area contributed by atoms with E-state index in [0.29, 0.717) is 6.42 Å². The fraction of sp³-hybridized carbons (Fsp3) is 0.833. The molecule has 0 radical (unpaired) electrons. The predicted molar refractivity (Wildman–Crippen MR) is 60.8 cm³/mol. The monoisotopic (exact) mass is 224 g/mol. The van der Waals surface area contributed by atoms with Gasteiger partial charge in [-0.25, -0.2) is 0 Å². The van der Waals surface area contributed by atoms with Crippen molar-refractivity contribution >= 4 is 11.8 Å². The lowest BCUT2D eigenvalue weighted by molar-refractivity contribution is -0.161. The van der Waals surface area contributed by atoms with E-state index in [9.17, 15) is 9.59 Å². The van der Waals surface area contributed by atoms with Crippen LogP contribution in [-0.2, 0) is 9.59 Å². The van der Waals surface area contributed by atoms with E-state index in [1.165, 1.54) is 0 Å². The number of carbonyl (C=O) groups excluding carboxylic acids is 2. The van der Waals surface area contributed by atoms with Gasteiger partial charge in [0.1, 0.15) is 12.1 Å². The normalized spacial score (nSPS) is 30.2. The molecule has 0 N–H and O–H groups in total. The minimum atomic E-state index is -0.234. The summed E-state index contributed by atoms with van der Waals surface area (Å²) < 4.78 is 0. The number of rotatable bonds is 2. The van der Waals surface area contributed by atoms with Crippen molar-refractivity contribution in [3.63, 3.8) is 0 Å². The van der Waals surface area contributed by atoms with Gasteiger partial charge in [0, 0.05) is 12.6 Å². The lowest BCUT2D eigenvalue weighted by atomic mass is 10.0. The molecule has 2 amide bonds. The van der Waals surface area contributed by atoms with Crippen LogP contribution in [0.4, 0.5) is 0 Å². The molecule has 2 unspecified atom stereocenters. The molecule has 2 heterocycles. The van der Waals surface area contributed by atoms with Crippen molar-refractivity contribution in [3.05, 3.63) is 0 Å². The van der Waals surface area contributed by atoms with Crippen LogP contribution in [0.5, 0.6) is 0 Å². The summed E-state index contributed by atoms with van der Waals surface area (Å²) in [7, 11) is 0. The Bertz CT molecular complexity index is 314. The second-order valence-electron chi connectivity index (χ2n) is 4.95. The van der Waals surface area contributed by atoms with E-state index >= 15 is 0 Å². The van der Waals surface area contributed by atoms with Gasteiger partial charge in [0.25, 0.3) is 0 Å². The first-order valence-corrected chi connectivity index (χ1v) is 6.20. The zero-order valence-electron chi connectivity index (χ0n) is 10.3. The molecule has 4 heteroatoms. The second kappa shape index (κ2) is 4.07. The molecular formula is C12H20N2O2. The van der Waals surface area contributed by atoms with E-state index in [0.717, 1.165) is 19.4 Å². The van der Waals surface area contributed by atoms with Gasteiger partial charge >= 0.3 is 0 Å². The Morgan fingerprint density at radius 1 is 1.31 bits per heavy atom. The summed E-state index contributed by atoms with van der Waals surface area (Å²) in [6, 6.07) is -0.288. The van der Waals surface area contributed by atoms with Gasteiger partial charge in [-0.2, -0.15) is 0 Å². The van der Waals surface area contributed by atoms with Gasteiger partial charge in [-0.1, -0.05) is 6.92 Å². The van der Waals surface area contributed by atoms with Crippen LogP contribution in [0, 0.1) is 0 Å². The van der Waals surface area contributed by atoms with Gasteiger partial charge < -0.3 is 9.80 Å². The molecule has 2 saturated heterocycles. The predicted octanol–water partition coefficient (Wildman–Crippen LogP) is 1.01. The summed E-state index contributed by atoms with van der Waals surface area (Å²) in [5, 5.41) is 0. The lowest BCUT2D eigenvalue weighted by Gasteiger charge is -2.44. The van der Waals surface area contributed by atoms with Crippen molar-refractivity contribution < 1.29 is 9.59 Å². The van der Waals surface area contributed by atoms with Crippen molar-refractivity contribution in [1.29, 1.82) is 0 Å². The van der Waals surface area contributed by atoms with E-state index in [-0.39, 0.29) is 29.9 Å². The Morgan fingerprint density at radius 3 is 2.56 bits per heavy atom. The first-order valence-electron chi connectivity index (χ1n) is 6.20. The fourth-order valence-corrected chi connectivity index (χ4v) is 2.91. The maximum absolute atomic E-state index is 12.3. The van der Waals surface area contributed by atoms with Crippen molar-refractivity contribution in [2.45, 2.75) is 58.2 Å². The van der Waals surface area contributed by atoms with Crippen molar-refractivity contribution in [2.75, 3.05) is 6.54 Å². The van der Waals surface area contributed by atoms with Crippen LogP contribution in [0.1, 0.15) is 40.0 Å². The highest BCUT2D eigenvalue weighted by Crippen LogP contribution is 2.29. The highest BCUT2D eigenvalue weighted by Gasteiger charge is 2.47. The second-order valence-corrected chi connectivity index (χ2v) is 4.95. The number of piperazine rings is 1. The van der Waals surface area contributed by atoms with Crippen LogP contribution in [-0.4, -0.2) is 46.3 Å². The summed E-state index contributed by atoms with van der Waals surface area (Å²) in [5.41, 5.74) is 0. The molecule has 0 bridgehead atoms. The van der Waals surface area contributed by atoms with Gasteiger partial charge in [-0.15, -0.1) is 0 Å². The van der Waals surface area contributed by atoms with Gasteiger partial charge in [0.15, 0.2) is 0 Å². The molecule has 2 fully saturated rings. The number of amides is 2. The molecule has 4 nitrogen and oxygen atoms in total. The average molecular weight is 224 g/mol. The summed E-state index contributed by atoms with van der Waals surface area (Å²) in [4.78, 5) is 28.1. The highest BCUT2D eigenvalue weighted by atomic mass is 16.2. The van der Waals surface area contributed by atoms with Crippen LogP contribution in [0.15, 0.2) is 0 Å². The zero-order valence-corrected chi connectivity index (χ0v) is 10.3. The number of nitrogens with zero attached hydrogens (tertiary/aromatic N) is 2. The van der Waals surface area contributed by atoms with Crippen molar-refractivity contribution in [1.82, 2.24) is 9.80 Å². The zero-order chi connectivity index (χ0) is 11.9. The van der Waals surface area contributed by atoms with Crippen LogP contribution in [0.2, 0.25) is 0 Å². The molecule has 16 heavy (non-hydrogen) atoms. The standard InChI is InChI=1S/C12H20N2O2/c1-4-9-11(15)13-7-5-6-10(13)12(16)14(9)8(2)3/h8-10H,4-7H2,1-3H3. The molecule has 0 saturated carbocycles. The third-order valence-electron chi connectivity index (χ3n) is 3.64. The number of hydrogen-bond donors (Lipinski definition) is 0. The third-order valence-corrected chi connectivity index (χ3v) is 3.64. The molecule has 0 aliphatic carbocycles. The first kappa shape index (κ1) is 11.4. The molecule has 2 rings (SSSR count). The Morgan fingerprint density at radius 2 is 2.00 bits per heavy atom. The summed E-state index contributed by atoms with van der Waals surface area (Å²) >= 11 is 0. The highest BCUT2D eigenvalue weighted by molar-refractivity contribution is 5.97. The first-order chi connectivity index (χ1) is 7.57. The van der Waals surface area contributed by atoms with Crippen LogP contribution < -0.4 is 0 Å². The summed E-state index contributed by atoms with van der Waals surface area (Å²) in [6.07, 6.45) is 2.51. The molecular weight excluding hydrogens is 204 g/mol. The molecule has 2 aliphatic rings. The Kier molecular flexibility index (Phi) is 2.91. The van der Waals surface area contributed by atoms with Gasteiger partial charge in [0.05, 0.1) is 0 Å². The van der Waals surface area contributed by atoms with Crippen LogP contribution in [0.3, 0.4) is 0 Å². The smallest absolute Gasteiger partial charge is 0.246 e. The molecule has 90 valence electrons. The Hall–Kier alpha value is -1.06. The van der Waals surface area contributed by atoms with E-state index in [1.807, 2.05) is 20.8 Å². The summed E-state index contributed by atoms with van der Waals surface area (Å²) in [6.45, 7) is 6.70. The topological polar surface area (TPSA) is 40.6 Å². The maximum Gasteiger partial charge on any atom is 0.246 e. The van der Waals surface area contributed by atoms with E-state index < -0.39 is 0 Å². The average Bonchev–Trinajstić information content (AvgIpc) is 2.71. The van der Waals surface area contributed by atoms with Crippen LogP contribution >= 0.6 is 0 Å². The van der Waals surface area contributed by atoms with Crippen LogP contribution in [0.25, 0.3) is 0 Å². The van der Waals surface area contributed by atoms with Gasteiger partial charge in [-0.05, 0) is 33.1 Å². The van der Waals surface area contributed by atoms with Gasteiger partial charge in [-0.3, -0.25) is 9.59 Å². The Labute approximate surface area is 96.6 Å². The molecule has 2 atom stereocenters. The molecule has 0 aromatic heterocycles. The lowest BCUT2D eigenvalue weighted by Crippen LogP contribution is -2.64. The molecule has 0 spiro atoms. The van der Waals surface area contributed by atoms with Crippen molar-refractivity contribution in [2.24, 2.45) is 0 Å². The van der Waals surface area contributed by atoms with Gasteiger partial charge in [0.2, 0.25) is 11.8 Å². The van der Waals surface area contributed by atoms with Crippen molar-refractivity contribution in [3.8, 4) is 0 Å². The maximum atomic E-state index is 12.3. The minimum absolute atomic E-state index is 0.115. The largest absolute Gasteiger partial charge is 0.329 e. The molecule has 0 aromatic rings. The summed E-state index contributed by atoms with van der Waals surface area (Å²) in [5.74, 6) is 0.303. The molecule has 0 aromatic carbocycles. The SMILES string of the molecule is CCC1C(=O)N2CCCC2C(=O)N1C(C)C. The minimum Gasteiger partial charge on any atom is -0.329 e.